The van der Waals surface area contributed by atoms with Crippen molar-refractivity contribution in [3.05, 3.63) is 23.2 Å². The Bertz CT molecular complexity index is 713. The van der Waals surface area contributed by atoms with E-state index in [0.29, 0.717) is 31.9 Å². The van der Waals surface area contributed by atoms with Crippen molar-refractivity contribution in [2.45, 2.75) is 23.8 Å². The molecule has 2 aliphatic heterocycles. The van der Waals surface area contributed by atoms with Gasteiger partial charge in [-0.25, -0.2) is 8.42 Å². The Balaban J connectivity index is 1.81. The van der Waals surface area contributed by atoms with Gasteiger partial charge in [-0.05, 0) is 31.0 Å². The molecular weight excluding hydrogens is 356 g/mol. The maximum atomic E-state index is 12.8. The lowest BCUT2D eigenvalue weighted by Gasteiger charge is -2.26. The maximum absolute atomic E-state index is 12.8. The van der Waals surface area contributed by atoms with Crippen LogP contribution in [-0.2, 0) is 24.3 Å². The topological polar surface area (TPSA) is 84.9 Å². The lowest BCUT2D eigenvalue weighted by molar-refractivity contribution is -0.124. The number of benzene rings is 1. The molecule has 0 unspecified atom stereocenters. The molecule has 24 heavy (non-hydrogen) atoms. The molecule has 0 radical (unpaired) electrons. The van der Waals surface area contributed by atoms with Gasteiger partial charge in [0.25, 0.3) is 5.91 Å². The number of morpholine rings is 1. The first-order valence-corrected chi connectivity index (χ1v) is 9.60. The summed E-state index contributed by atoms with van der Waals surface area (Å²) in [4.78, 5) is 12.1. The van der Waals surface area contributed by atoms with Crippen LogP contribution in [-0.4, -0.2) is 57.6 Å². The normalized spacial score (nSPS) is 22.5. The zero-order valence-corrected chi connectivity index (χ0v) is 14.6. The molecule has 1 aromatic rings. The maximum Gasteiger partial charge on any atom is 0.253 e. The second-order valence-electron chi connectivity index (χ2n) is 5.65. The average Bonchev–Trinajstić information content (AvgIpc) is 3.12. The van der Waals surface area contributed by atoms with E-state index in [1.807, 2.05) is 0 Å². The van der Waals surface area contributed by atoms with Crippen LogP contribution in [0.2, 0.25) is 5.02 Å². The first kappa shape index (κ1) is 17.6. The molecule has 132 valence electrons. The highest BCUT2D eigenvalue weighted by atomic mass is 35.5. The molecule has 0 saturated carbocycles. The van der Waals surface area contributed by atoms with Gasteiger partial charge >= 0.3 is 0 Å². The van der Waals surface area contributed by atoms with Crippen LogP contribution in [0.1, 0.15) is 12.8 Å². The number of nitrogens with zero attached hydrogens (tertiary/aromatic N) is 1. The Morgan fingerprint density at radius 1 is 1.25 bits per heavy atom. The van der Waals surface area contributed by atoms with Gasteiger partial charge in [0.2, 0.25) is 10.0 Å². The monoisotopic (exact) mass is 374 g/mol. The van der Waals surface area contributed by atoms with Crippen LogP contribution in [0.25, 0.3) is 0 Å². The van der Waals surface area contributed by atoms with Gasteiger partial charge in [0.1, 0.15) is 11.0 Å². The van der Waals surface area contributed by atoms with Gasteiger partial charge in [0.15, 0.2) is 0 Å². The second-order valence-corrected chi connectivity index (χ2v) is 7.97. The number of hydrogen-bond acceptors (Lipinski definition) is 5. The number of carbonyl (C=O) groups excluding carboxylic acids is 1. The molecule has 0 aromatic heterocycles. The molecule has 2 fully saturated rings. The lowest BCUT2D eigenvalue weighted by atomic mass is 10.2. The summed E-state index contributed by atoms with van der Waals surface area (Å²) in [6.07, 6.45) is 1.02. The molecular formula is C15H19ClN2O5S. The van der Waals surface area contributed by atoms with Crippen LogP contribution in [0.3, 0.4) is 0 Å². The predicted octanol–water partition coefficient (Wildman–Crippen LogP) is 1.48. The highest BCUT2D eigenvalue weighted by Crippen LogP contribution is 2.28. The SMILES string of the molecule is O=C(Nc1ccc(Cl)c(S(=O)(=O)N2CCOCC2)c1)[C@H]1CCCO1. The molecule has 9 heteroatoms. The summed E-state index contributed by atoms with van der Waals surface area (Å²) in [5.41, 5.74) is 0.381. The minimum Gasteiger partial charge on any atom is -0.379 e. The standard InChI is InChI=1S/C15H19ClN2O5S/c16-12-4-3-11(17-15(19)13-2-1-7-23-13)10-14(12)24(20,21)18-5-8-22-9-6-18/h3-4,10,13H,1-2,5-9H2,(H,17,19)/t13-/m1/s1. The van der Waals surface area contributed by atoms with E-state index in [-0.39, 0.29) is 28.9 Å². The van der Waals surface area contributed by atoms with Gasteiger partial charge in [-0.3, -0.25) is 4.79 Å². The summed E-state index contributed by atoms with van der Waals surface area (Å²) in [5, 5.41) is 2.82. The Morgan fingerprint density at radius 2 is 2.00 bits per heavy atom. The quantitative estimate of drug-likeness (QED) is 0.862. The Hall–Kier alpha value is -1.19. The van der Waals surface area contributed by atoms with Crippen LogP contribution < -0.4 is 5.32 Å². The van der Waals surface area contributed by atoms with E-state index in [9.17, 15) is 13.2 Å². The summed E-state index contributed by atoms with van der Waals surface area (Å²) >= 11 is 6.09. The minimum absolute atomic E-state index is 0.0174. The summed E-state index contributed by atoms with van der Waals surface area (Å²) < 4.78 is 37.3. The number of sulfonamides is 1. The van der Waals surface area contributed by atoms with Crippen LogP contribution in [0.4, 0.5) is 5.69 Å². The lowest BCUT2D eigenvalue weighted by Crippen LogP contribution is -2.40. The summed E-state index contributed by atoms with van der Waals surface area (Å²) in [6, 6.07) is 4.44. The van der Waals surface area contributed by atoms with Gasteiger partial charge < -0.3 is 14.8 Å². The molecule has 0 aliphatic carbocycles. The fourth-order valence-electron chi connectivity index (χ4n) is 2.71. The summed E-state index contributed by atoms with van der Waals surface area (Å²) in [5.74, 6) is -0.274. The molecule has 7 nitrogen and oxygen atoms in total. The van der Waals surface area contributed by atoms with Gasteiger partial charge in [-0.2, -0.15) is 4.31 Å². The number of carbonyl (C=O) groups is 1. The number of nitrogens with one attached hydrogen (secondary N) is 1. The number of anilines is 1. The van der Waals surface area contributed by atoms with Gasteiger partial charge in [-0.1, -0.05) is 11.6 Å². The van der Waals surface area contributed by atoms with Crippen molar-refractivity contribution in [1.29, 1.82) is 0 Å². The van der Waals surface area contributed by atoms with Crippen LogP contribution in [0, 0.1) is 0 Å². The third-order valence-corrected chi connectivity index (χ3v) is 6.39. The number of amides is 1. The molecule has 2 saturated heterocycles. The van der Waals surface area contributed by atoms with Gasteiger partial charge in [0.05, 0.1) is 18.2 Å². The molecule has 1 atom stereocenters. The first-order valence-electron chi connectivity index (χ1n) is 7.78. The van der Waals surface area contributed by atoms with Gasteiger partial charge in [0, 0.05) is 25.4 Å². The highest BCUT2D eigenvalue weighted by molar-refractivity contribution is 7.89. The van der Waals surface area contributed by atoms with E-state index in [1.54, 1.807) is 6.07 Å². The van der Waals surface area contributed by atoms with Crippen LogP contribution >= 0.6 is 11.6 Å². The predicted molar refractivity (Wildman–Crippen MR) is 88.6 cm³/mol. The molecule has 2 heterocycles. The van der Waals surface area contributed by atoms with Gasteiger partial charge in [-0.15, -0.1) is 0 Å². The minimum atomic E-state index is -3.73. The molecule has 1 aromatic carbocycles. The van der Waals surface area contributed by atoms with Crippen molar-refractivity contribution in [1.82, 2.24) is 4.31 Å². The number of rotatable bonds is 4. The zero-order valence-electron chi connectivity index (χ0n) is 13.0. The van der Waals surface area contributed by atoms with E-state index in [2.05, 4.69) is 5.32 Å². The number of halogens is 1. The molecule has 1 N–H and O–H groups in total. The smallest absolute Gasteiger partial charge is 0.253 e. The number of hydrogen-bond donors (Lipinski definition) is 1. The summed E-state index contributed by atoms with van der Waals surface area (Å²) in [6.45, 7) is 1.84. The Kier molecular flexibility index (Phi) is 5.41. The van der Waals surface area contributed by atoms with E-state index >= 15 is 0 Å². The third-order valence-electron chi connectivity index (χ3n) is 4.01. The molecule has 0 bridgehead atoms. The third kappa shape index (κ3) is 3.73. The van der Waals surface area contributed by atoms with Crippen molar-refractivity contribution < 1.29 is 22.7 Å². The fourth-order valence-corrected chi connectivity index (χ4v) is 4.62. The van der Waals surface area contributed by atoms with E-state index in [1.165, 1.54) is 16.4 Å². The fraction of sp³-hybridized carbons (Fsp3) is 0.533. The first-order chi connectivity index (χ1) is 11.5. The van der Waals surface area contributed by atoms with E-state index < -0.39 is 16.1 Å². The average molecular weight is 375 g/mol. The summed E-state index contributed by atoms with van der Waals surface area (Å²) in [7, 11) is -3.73. The molecule has 3 rings (SSSR count). The van der Waals surface area contributed by atoms with Crippen molar-refractivity contribution in [3.8, 4) is 0 Å². The Labute approximate surface area is 145 Å². The van der Waals surface area contributed by atoms with Crippen molar-refractivity contribution in [3.63, 3.8) is 0 Å². The van der Waals surface area contributed by atoms with Crippen LogP contribution in [0.5, 0.6) is 0 Å². The largest absolute Gasteiger partial charge is 0.379 e. The molecule has 0 spiro atoms. The number of ether oxygens (including phenoxy) is 2. The van der Waals surface area contributed by atoms with E-state index in [4.69, 9.17) is 21.1 Å². The zero-order chi connectivity index (χ0) is 17.2. The van der Waals surface area contributed by atoms with Crippen molar-refractivity contribution >= 4 is 33.2 Å². The van der Waals surface area contributed by atoms with Crippen molar-refractivity contribution in [2.24, 2.45) is 0 Å². The molecule has 1 amide bonds. The second kappa shape index (κ2) is 7.37. The van der Waals surface area contributed by atoms with E-state index in [0.717, 1.165) is 6.42 Å². The Morgan fingerprint density at radius 3 is 2.67 bits per heavy atom. The highest BCUT2D eigenvalue weighted by Gasteiger charge is 2.29. The van der Waals surface area contributed by atoms with Crippen LogP contribution in [0.15, 0.2) is 23.1 Å². The molecule has 2 aliphatic rings. The van der Waals surface area contributed by atoms with Crippen molar-refractivity contribution in [2.75, 3.05) is 38.2 Å².